The smallest absolute Gasteiger partial charge is 0.335 e. The summed E-state index contributed by atoms with van der Waals surface area (Å²) in [5.74, 6) is 0.230. The van der Waals surface area contributed by atoms with Crippen molar-refractivity contribution in [3.63, 3.8) is 0 Å². The zero-order valence-corrected chi connectivity index (χ0v) is 7.74. The zero-order chi connectivity index (χ0) is 10.1. The maximum absolute atomic E-state index is 10.8. The number of benzene rings is 1. The number of methoxy groups -OCH3 is 1. The largest absolute Gasteiger partial charge is 0.493 e. The molecule has 0 fully saturated rings. The van der Waals surface area contributed by atoms with Gasteiger partial charge in [-0.05, 0) is 12.1 Å². The van der Waals surface area contributed by atoms with Crippen molar-refractivity contribution in [2.45, 2.75) is 6.42 Å². The lowest BCUT2D eigenvalue weighted by Crippen LogP contribution is -1.98. The van der Waals surface area contributed by atoms with Crippen LogP contribution in [0.1, 0.15) is 15.9 Å². The SMILES string of the molecule is COc1cc(C(=O)O)cc2c1OCC2. The second kappa shape index (κ2) is 3.21. The van der Waals surface area contributed by atoms with Crippen LogP contribution in [0.5, 0.6) is 11.5 Å². The normalized spacial score (nSPS) is 13.2. The van der Waals surface area contributed by atoms with Crippen LogP contribution in [0.4, 0.5) is 0 Å². The maximum Gasteiger partial charge on any atom is 0.335 e. The van der Waals surface area contributed by atoms with Gasteiger partial charge in [0, 0.05) is 12.0 Å². The van der Waals surface area contributed by atoms with E-state index in [1.807, 2.05) is 0 Å². The van der Waals surface area contributed by atoms with E-state index >= 15 is 0 Å². The Hall–Kier alpha value is -1.71. The summed E-state index contributed by atoms with van der Waals surface area (Å²) in [4.78, 5) is 10.8. The lowest BCUT2D eigenvalue weighted by molar-refractivity contribution is 0.0696. The molecule has 74 valence electrons. The fraction of sp³-hybridized carbons (Fsp3) is 0.300. The molecule has 1 aliphatic heterocycles. The van der Waals surface area contributed by atoms with Crippen LogP contribution in [0.2, 0.25) is 0 Å². The molecule has 0 unspecified atom stereocenters. The summed E-state index contributed by atoms with van der Waals surface area (Å²) in [7, 11) is 1.50. The van der Waals surface area contributed by atoms with Gasteiger partial charge in [0.25, 0.3) is 0 Å². The van der Waals surface area contributed by atoms with Crippen molar-refractivity contribution in [1.29, 1.82) is 0 Å². The van der Waals surface area contributed by atoms with E-state index in [4.69, 9.17) is 14.6 Å². The first-order valence-electron chi connectivity index (χ1n) is 4.29. The molecule has 1 N–H and O–H groups in total. The average Bonchev–Trinajstić information content (AvgIpc) is 2.63. The maximum atomic E-state index is 10.8. The van der Waals surface area contributed by atoms with Gasteiger partial charge in [-0.1, -0.05) is 0 Å². The number of ether oxygens (including phenoxy) is 2. The summed E-state index contributed by atoms with van der Waals surface area (Å²) in [6.07, 6.45) is 0.743. The number of hydrogen-bond acceptors (Lipinski definition) is 3. The van der Waals surface area contributed by atoms with Gasteiger partial charge in [-0.25, -0.2) is 4.79 Å². The molecular weight excluding hydrogens is 184 g/mol. The lowest BCUT2D eigenvalue weighted by Gasteiger charge is -2.07. The van der Waals surface area contributed by atoms with E-state index in [0.717, 1.165) is 12.0 Å². The number of aromatic carboxylic acids is 1. The van der Waals surface area contributed by atoms with Gasteiger partial charge in [0.2, 0.25) is 0 Å². The summed E-state index contributed by atoms with van der Waals surface area (Å²) in [5.41, 5.74) is 1.15. The third-order valence-corrected chi connectivity index (χ3v) is 2.22. The predicted molar refractivity (Wildman–Crippen MR) is 49.2 cm³/mol. The highest BCUT2D eigenvalue weighted by atomic mass is 16.5. The van der Waals surface area contributed by atoms with Gasteiger partial charge in [0.15, 0.2) is 11.5 Å². The Balaban J connectivity index is 2.54. The molecule has 2 rings (SSSR count). The van der Waals surface area contributed by atoms with Gasteiger partial charge in [0.1, 0.15) is 0 Å². The second-order valence-corrected chi connectivity index (χ2v) is 3.07. The Bertz CT molecular complexity index is 384. The van der Waals surface area contributed by atoms with Gasteiger partial charge in [-0.15, -0.1) is 0 Å². The van der Waals surface area contributed by atoms with Crippen molar-refractivity contribution in [2.75, 3.05) is 13.7 Å². The molecule has 0 aromatic heterocycles. The fourth-order valence-corrected chi connectivity index (χ4v) is 1.55. The topological polar surface area (TPSA) is 55.8 Å². The molecule has 1 aromatic carbocycles. The summed E-state index contributed by atoms with van der Waals surface area (Å²) < 4.78 is 10.4. The van der Waals surface area contributed by atoms with Crippen LogP contribution >= 0.6 is 0 Å². The monoisotopic (exact) mass is 194 g/mol. The molecule has 0 radical (unpaired) electrons. The molecule has 0 atom stereocenters. The van der Waals surface area contributed by atoms with E-state index in [0.29, 0.717) is 18.1 Å². The first-order chi connectivity index (χ1) is 6.72. The Kier molecular flexibility index (Phi) is 2.04. The van der Waals surface area contributed by atoms with Crippen LogP contribution in [0, 0.1) is 0 Å². The highest BCUT2D eigenvalue weighted by molar-refractivity contribution is 5.89. The number of carboxylic acid groups (broad SMARTS) is 1. The van der Waals surface area contributed by atoms with Gasteiger partial charge in [-0.2, -0.15) is 0 Å². The van der Waals surface area contributed by atoms with Crippen LogP contribution in [-0.2, 0) is 6.42 Å². The van der Waals surface area contributed by atoms with Crippen LogP contribution in [-0.4, -0.2) is 24.8 Å². The van der Waals surface area contributed by atoms with Gasteiger partial charge < -0.3 is 14.6 Å². The van der Waals surface area contributed by atoms with Crippen LogP contribution in [0.3, 0.4) is 0 Å². The van der Waals surface area contributed by atoms with Crippen LogP contribution in [0.25, 0.3) is 0 Å². The molecular formula is C10H10O4. The molecule has 0 saturated carbocycles. The molecule has 0 bridgehead atoms. The minimum Gasteiger partial charge on any atom is -0.493 e. The van der Waals surface area contributed by atoms with E-state index in [-0.39, 0.29) is 5.56 Å². The van der Waals surface area contributed by atoms with Crippen molar-refractivity contribution in [1.82, 2.24) is 0 Å². The Morgan fingerprint density at radius 1 is 1.57 bits per heavy atom. The number of hydrogen-bond donors (Lipinski definition) is 1. The minimum atomic E-state index is -0.946. The predicted octanol–water partition coefficient (Wildman–Crippen LogP) is 1.33. The van der Waals surface area contributed by atoms with Crippen LogP contribution < -0.4 is 9.47 Å². The van der Waals surface area contributed by atoms with Crippen molar-refractivity contribution in [3.05, 3.63) is 23.3 Å². The van der Waals surface area contributed by atoms with Crippen LogP contribution in [0.15, 0.2) is 12.1 Å². The van der Waals surface area contributed by atoms with Gasteiger partial charge >= 0.3 is 5.97 Å². The van der Waals surface area contributed by atoms with Crippen molar-refractivity contribution >= 4 is 5.97 Å². The van der Waals surface area contributed by atoms with Gasteiger partial charge in [0.05, 0.1) is 19.3 Å². The molecule has 0 amide bonds. The zero-order valence-electron chi connectivity index (χ0n) is 7.74. The van der Waals surface area contributed by atoms with Crippen molar-refractivity contribution in [2.24, 2.45) is 0 Å². The molecule has 0 aliphatic carbocycles. The molecule has 0 saturated heterocycles. The highest BCUT2D eigenvalue weighted by Gasteiger charge is 2.20. The van der Waals surface area contributed by atoms with E-state index in [2.05, 4.69) is 0 Å². The van der Waals surface area contributed by atoms with Crippen molar-refractivity contribution < 1.29 is 19.4 Å². The summed E-state index contributed by atoms with van der Waals surface area (Å²) >= 11 is 0. The van der Waals surface area contributed by atoms with E-state index in [1.165, 1.54) is 13.2 Å². The molecule has 4 heteroatoms. The van der Waals surface area contributed by atoms with E-state index < -0.39 is 5.97 Å². The number of fused-ring (bicyclic) bond motifs is 1. The Morgan fingerprint density at radius 2 is 2.36 bits per heavy atom. The first-order valence-corrected chi connectivity index (χ1v) is 4.29. The average molecular weight is 194 g/mol. The summed E-state index contributed by atoms with van der Waals surface area (Å²) in [6.45, 7) is 0.592. The fourth-order valence-electron chi connectivity index (χ4n) is 1.55. The Labute approximate surface area is 81.1 Å². The molecule has 0 spiro atoms. The number of carbonyl (C=O) groups is 1. The first kappa shape index (κ1) is 8.87. The van der Waals surface area contributed by atoms with E-state index in [9.17, 15) is 4.79 Å². The minimum absolute atomic E-state index is 0.242. The molecule has 1 aromatic rings. The lowest BCUT2D eigenvalue weighted by atomic mass is 10.1. The highest BCUT2D eigenvalue weighted by Crippen LogP contribution is 2.36. The second-order valence-electron chi connectivity index (χ2n) is 3.07. The molecule has 14 heavy (non-hydrogen) atoms. The molecule has 4 nitrogen and oxygen atoms in total. The van der Waals surface area contributed by atoms with Gasteiger partial charge in [-0.3, -0.25) is 0 Å². The Morgan fingerprint density at radius 3 is 3.00 bits per heavy atom. The van der Waals surface area contributed by atoms with Crippen molar-refractivity contribution in [3.8, 4) is 11.5 Å². The number of rotatable bonds is 2. The summed E-state index contributed by atoms with van der Waals surface area (Å²) in [5, 5.41) is 8.84. The number of carboxylic acids is 1. The van der Waals surface area contributed by atoms with E-state index in [1.54, 1.807) is 6.07 Å². The molecule has 1 aliphatic rings. The molecule has 1 heterocycles. The summed E-state index contributed by atoms with van der Waals surface area (Å²) in [6, 6.07) is 3.11. The quantitative estimate of drug-likeness (QED) is 0.771. The third-order valence-electron chi connectivity index (χ3n) is 2.22. The standard InChI is InChI=1S/C10H10O4/c1-13-8-5-7(10(11)12)4-6-2-3-14-9(6)8/h4-5H,2-3H2,1H3,(H,11,12). The third kappa shape index (κ3) is 1.28.